The van der Waals surface area contributed by atoms with Crippen LogP contribution in [0.5, 0.6) is 11.5 Å². The van der Waals surface area contributed by atoms with Crippen LogP contribution in [0.3, 0.4) is 0 Å². The molecule has 6 heteroatoms. The largest absolute Gasteiger partial charge is 0.497 e. The molecule has 0 unspecified atom stereocenters. The molecular weight excluding hydrogens is 246 g/mol. The maximum atomic E-state index is 5.73. The molecule has 1 rings (SSSR count). The quantitative estimate of drug-likeness (QED) is 0.433. The lowest BCUT2D eigenvalue weighted by Crippen LogP contribution is -2.34. The Kier molecular flexibility index (Phi) is 6.52. The maximum absolute atomic E-state index is 5.73. The molecule has 1 aromatic rings. The Morgan fingerprint density at radius 3 is 2.68 bits per heavy atom. The second-order valence-electron chi connectivity index (χ2n) is 3.80. The van der Waals surface area contributed by atoms with Crippen molar-refractivity contribution in [3.05, 3.63) is 23.8 Å². The lowest BCUT2D eigenvalue weighted by molar-refractivity contribution is 0.204. The summed E-state index contributed by atoms with van der Waals surface area (Å²) in [6.45, 7) is 1.66. The van der Waals surface area contributed by atoms with E-state index in [9.17, 15) is 0 Å². The van der Waals surface area contributed by atoms with Crippen molar-refractivity contribution >= 4 is 5.96 Å². The molecule has 0 radical (unpaired) electrons. The van der Waals surface area contributed by atoms with Crippen LogP contribution in [-0.2, 0) is 11.3 Å². The summed E-state index contributed by atoms with van der Waals surface area (Å²) in [6, 6.07) is 5.59. The van der Waals surface area contributed by atoms with Gasteiger partial charge < -0.3 is 25.3 Å². The summed E-state index contributed by atoms with van der Waals surface area (Å²) in [5.41, 5.74) is 6.67. The molecule has 106 valence electrons. The van der Waals surface area contributed by atoms with Gasteiger partial charge in [0.05, 0.1) is 27.4 Å². The second-order valence-corrected chi connectivity index (χ2v) is 3.80. The lowest BCUT2D eigenvalue weighted by atomic mass is 10.2. The molecule has 0 bridgehead atoms. The van der Waals surface area contributed by atoms with Crippen molar-refractivity contribution in [2.75, 3.05) is 34.5 Å². The number of hydrogen-bond acceptors (Lipinski definition) is 4. The van der Waals surface area contributed by atoms with Gasteiger partial charge in [-0.2, -0.15) is 0 Å². The standard InChI is InChI=1S/C13H21N3O3/c1-17-7-6-15-13(14)16-9-10-4-5-11(18-2)8-12(10)19-3/h4-5,8H,6-7,9H2,1-3H3,(H3,14,15,16). The number of ether oxygens (including phenoxy) is 3. The first kappa shape index (κ1) is 15.1. The van der Waals surface area contributed by atoms with Gasteiger partial charge in [-0.05, 0) is 12.1 Å². The zero-order valence-electron chi connectivity index (χ0n) is 11.6. The Morgan fingerprint density at radius 2 is 2.05 bits per heavy atom. The number of methoxy groups -OCH3 is 3. The molecule has 0 fully saturated rings. The summed E-state index contributed by atoms with van der Waals surface area (Å²) in [5.74, 6) is 1.86. The maximum Gasteiger partial charge on any atom is 0.189 e. The first-order valence-electron chi connectivity index (χ1n) is 5.95. The first-order chi connectivity index (χ1) is 9.21. The normalized spacial score (nSPS) is 11.2. The highest BCUT2D eigenvalue weighted by molar-refractivity contribution is 5.77. The Hall–Kier alpha value is -1.95. The summed E-state index contributed by atoms with van der Waals surface area (Å²) < 4.78 is 15.3. The topological polar surface area (TPSA) is 78.1 Å². The van der Waals surface area contributed by atoms with Crippen LogP contribution in [0.1, 0.15) is 5.56 Å². The average molecular weight is 267 g/mol. The highest BCUT2D eigenvalue weighted by Gasteiger charge is 2.04. The van der Waals surface area contributed by atoms with Crippen LogP contribution in [0.4, 0.5) is 0 Å². The molecule has 0 saturated carbocycles. The van der Waals surface area contributed by atoms with Crippen molar-refractivity contribution in [1.29, 1.82) is 0 Å². The number of benzene rings is 1. The fraction of sp³-hybridized carbons (Fsp3) is 0.462. The zero-order valence-corrected chi connectivity index (χ0v) is 11.6. The monoisotopic (exact) mass is 267 g/mol. The van der Waals surface area contributed by atoms with Crippen LogP contribution in [0, 0.1) is 0 Å². The Balaban J connectivity index is 2.63. The minimum atomic E-state index is 0.384. The van der Waals surface area contributed by atoms with Gasteiger partial charge in [0.2, 0.25) is 0 Å². The Bertz CT molecular complexity index is 422. The zero-order chi connectivity index (χ0) is 14.1. The number of nitrogens with one attached hydrogen (secondary N) is 1. The van der Waals surface area contributed by atoms with E-state index in [0.29, 0.717) is 25.7 Å². The van der Waals surface area contributed by atoms with Crippen molar-refractivity contribution in [3.63, 3.8) is 0 Å². The molecular formula is C13H21N3O3. The fourth-order valence-electron chi connectivity index (χ4n) is 1.49. The number of nitrogens with two attached hydrogens (primary N) is 1. The van der Waals surface area contributed by atoms with Gasteiger partial charge in [0.1, 0.15) is 11.5 Å². The molecule has 19 heavy (non-hydrogen) atoms. The molecule has 3 N–H and O–H groups in total. The van der Waals surface area contributed by atoms with E-state index in [-0.39, 0.29) is 0 Å². The van der Waals surface area contributed by atoms with Crippen molar-refractivity contribution in [3.8, 4) is 11.5 Å². The highest BCUT2D eigenvalue weighted by atomic mass is 16.5. The minimum absolute atomic E-state index is 0.384. The summed E-state index contributed by atoms with van der Waals surface area (Å²) in [5, 5.41) is 2.95. The number of aliphatic imine (C=N–C) groups is 1. The van der Waals surface area contributed by atoms with Crippen LogP contribution >= 0.6 is 0 Å². The van der Waals surface area contributed by atoms with Gasteiger partial charge in [-0.25, -0.2) is 4.99 Å². The van der Waals surface area contributed by atoms with Gasteiger partial charge in [0, 0.05) is 25.3 Å². The predicted octanol–water partition coefficient (Wildman–Crippen LogP) is 0.755. The number of rotatable bonds is 7. The Labute approximate surface area is 113 Å². The summed E-state index contributed by atoms with van der Waals surface area (Å²) >= 11 is 0. The second kappa shape index (κ2) is 8.20. The smallest absolute Gasteiger partial charge is 0.189 e. The van der Waals surface area contributed by atoms with Gasteiger partial charge in [-0.3, -0.25) is 0 Å². The number of guanidine groups is 1. The molecule has 0 atom stereocenters. The molecule has 0 aliphatic carbocycles. The Morgan fingerprint density at radius 1 is 1.26 bits per heavy atom. The van der Waals surface area contributed by atoms with Crippen molar-refractivity contribution < 1.29 is 14.2 Å². The van der Waals surface area contributed by atoms with E-state index in [1.165, 1.54) is 0 Å². The summed E-state index contributed by atoms with van der Waals surface area (Å²) in [7, 11) is 4.86. The molecule has 0 heterocycles. The molecule has 6 nitrogen and oxygen atoms in total. The summed E-state index contributed by atoms with van der Waals surface area (Å²) in [6.07, 6.45) is 0. The fourth-order valence-corrected chi connectivity index (χ4v) is 1.49. The van der Waals surface area contributed by atoms with Crippen LogP contribution in [-0.4, -0.2) is 40.4 Å². The lowest BCUT2D eigenvalue weighted by Gasteiger charge is -2.09. The van der Waals surface area contributed by atoms with Crippen molar-refractivity contribution in [1.82, 2.24) is 5.32 Å². The van der Waals surface area contributed by atoms with Crippen LogP contribution in [0.15, 0.2) is 23.2 Å². The van der Waals surface area contributed by atoms with E-state index in [1.54, 1.807) is 21.3 Å². The first-order valence-corrected chi connectivity index (χ1v) is 5.95. The molecule has 0 aliphatic rings. The van der Waals surface area contributed by atoms with E-state index in [2.05, 4.69) is 10.3 Å². The van der Waals surface area contributed by atoms with E-state index in [4.69, 9.17) is 19.9 Å². The van der Waals surface area contributed by atoms with Crippen molar-refractivity contribution in [2.45, 2.75) is 6.54 Å². The van der Waals surface area contributed by atoms with Crippen LogP contribution in [0.25, 0.3) is 0 Å². The van der Waals surface area contributed by atoms with E-state index in [0.717, 1.165) is 17.1 Å². The van der Waals surface area contributed by atoms with Crippen LogP contribution < -0.4 is 20.5 Å². The highest BCUT2D eigenvalue weighted by Crippen LogP contribution is 2.24. The van der Waals surface area contributed by atoms with Gasteiger partial charge in [0.15, 0.2) is 5.96 Å². The van der Waals surface area contributed by atoms with E-state index >= 15 is 0 Å². The molecule has 1 aromatic carbocycles. The van der Waals surface area contributed by atoms with Gasteiger partial charge in [-0.15, -0.1) is 0 Å². The summed E-state index contributed by atoms with van der Waals surface area (Å²) in [4.78, 5) is 4.24. The molecule has 0 saturated heterocycles. The number of nitrogens with zero attached hydrogens (tertiary/aromatic N) is 1. The van der Waals surface area contributed by atoms with Crippen LogP contribution in [0.2, 0.25) is 0 Å². The van der Waals surface area contributed by atoms with Gasteiger partial charge in [0.25, 0.3) is 0 Å². The van der Waals surface area contributed by atoms with Crippen molar-refractivity contribution in [2.24, 2.45) is 10.7 Å². The van der Waals surface area contributed by atoms with Gasteiger partial charge in [-0.1, -0.05) is 0 Å². The minimum Gasteiger partial charge on any atom is -0.497 e. The number of hydrogen-bond donors (Lipinski definition) is 2. The average Bonchev–Trinajstić information content (AvgIpc) is 2.45. The molecule has 0 aliphatic heterocycles. The predicted molar refractivity (Wildman–Crippen MR) is 74.8 cm³/mol. The third-order valence-corrected chi connectivity index (χ3v) is 2.53. The van der Waals surface area contributed by atoms with E-state index in [1.807, 2.05) is 18.2 Å². The van der Waals surface area contributed by atoms with E-state index < -0.39 is 0 Å². The third kappa shape index (κ3) is 5.05. The van der Waals surface area contributed by atoms with Gasteiger partial charge >= 0.3 is 0 Å². The molecule has 0 aromatic heterocycles. The molecule has 0 spiro atoms. The third-order valence-electron chi connectivity index (χ3n) is 2.53. The SMILES string of the molecule is COCCNC(N)=NCc1ccc(OC)cc1OC. The molecule has 0 amide bonds.